The summed E-state index contributed by atoms with van der Waals surface area (Å²) in [6.45, 7) is 0. The van der Waals surface area contributed by atoms with Gasteiger partial charge in [0.25, 0.3) is 5.91 Å². The second-order valence-electron chi connectivity index (χ2n) is 2.68. The Kier molecular flexibility index (Phi) is 2.36. The lowest BCUT2D eigenvalue weighted by molar-refractivity contribution is 0.102. The minimum atomic E-state index is -0.569. The van der Waals surface area contributed by atoms with E-state index in [0.717, 1.165) is 12.3 Å². The van der Waals surface area contributed by atoms with Gasteiger partial charge in [-0.2, -0.15) is 10.1 Å². The van der Waals surface area contributed by atoms with Crippen LogP contribution in [0, 0.1) is 5.82 Å². The molecule has 0 unspecified atom stereocenters. The molecule has 0 saturated heterocycles. The van der Waals surface area contributed by atoms with Gasteiger partial charge in [0, 0.05) is 6.20 Å². The van der Waals surface area contributed by atoms with E-state index in [1.54, 1.807) is 0 Å². The van der Waals surface area contributed by atoms with Gasteiger partial charge in [-0.1, -0.05) is 0 Å². The maximum absolute atomic E-state index is 12.7. The number of H-pyrrole nitrogens is 1. The van der Waals surface area contributed by atoms with Gasteiger partial charge in [0.05, 0.1) is 11.8 Å². The SMILES string of the molecule is O=C(Nc1ncn[nH]1)c1cncc(F)c1. The van der Waals surface area contributed by atoms with Crippen molar-refractivity contribution in [2.75, 3.05) is 5.32 Å². The summed E-state index contributed by atoms with van der Waals surface area (Å²) < 4.78 is 12.7. The van der Waals surface area contributed by atoms with Crippen LogP contribution in [0.25, 0.3) is 0 Å². The Bertz CT molecular complexity index is 470. The van der Waals surface area contributed by atoms with Gasteiger partial charge in [0.2, 0.25) is 5.95 Å². The number of carbonyl (C=O) groups is 1. The molecule has 2 N–H and O–H groups in total. The molecule has 0 saturated carbocycles. The molecule has 0 aromatic carbocycles. The fraction of sp³-hybridized carbons (Fsp3) is 0. The molecule has 0 atom stereocenters. The second kappa shape index (κ2) is 3.82. The summed E-state index contributed by atoms with van der Waals surface area (Å²) in [5.74, 6) is -0.872. The Morgan fingerprint density at radius 1 is 1.47 bits per heavy atom. The molecule has 0 bridgehead atoms. The number of nitrogens with one attached hydrogen (secondary N) is 2. The third kappa shape index (κ3) is 2.13. The van der Waals surface area contributed by atoms with Gasteiger partial charge >= 0.3 is 0 Å². The predicted molar refractivity (Wildman–Crippen MR) is 48.5 cm³/mol. The molecule has 6 nitrogen and oxygen atoms in total. The number of anilines is 1. The lowest BCUT2D eigenvalue weighted by atomic mass is 10.2. The van der Waals surface area contributed by atoms with Crippen LogP contribution in [0.3, 0.4) is 0 Å². The average molecular weight is 207 g/mol. The molecule has 7 heteroatoms. The van der Waals surface area contributed by atoms with Crippen molar-refractivity contribution >= 4 is 11.9 Å². The van der Waals surface area contributed by atoms with Crippen LogP contribution in [0.2, 0.25) is 0 Å². The van der Waals surface area contributed by atoms with Crippen LogP contribution >= 0.6 is 0 Å². The van der Waals surface area contributed by atoms with Crippen LogP contribution in [-0.2, 0) is 0 Å². The van der Waals surface area contributed by atoms with Gasteiger partial charge < -0.3 is 0 Å². The number of nitrogens with zero attached hydrogens (tertiary/aromatic N) is 3. The van der Waals surface area contributed by atoms with Gasteiger partial charge in [0.15, 0.2) is 0 Å². The smallest absolute Gasteiger partial charge is 0.259 e. The number of pyridine rings is 1. The van der Waals surface area contributed by atoms with E-state index in [-0.39, 0.29) is 11.5 Å². The van der Waals surface area contributed by atoms with Crippen LogP contribution < -0.4 is 5.32 Å². The number of hydrogen-bond acceptors (Lipinski definition) is 4. The maximum atomic E-state index is 12.7. The highest BCUT2D eigenvalue weighted by Gasteiger charge is 2.08. The molecule has 0 aliphatic carbocycles. The zero-order valence-corrected chi connectivity index (χ0v) is 7.44. The molecule has 76 valence electrons. The fourth-order valence-corrected chi connectivity index (χ4v) is 0.981. The monoisotopic (exact) mass is 207 g/mol. The molecule has 2 heterocycles. The Balaban J connectivity index is 2.15. The average Bonchev–Trinajstić information content (AvgIpc) is 2.70. The predicted octanol–water partition coefficient (Wildman–Crippen LogP) is 0.591. The first-order valence-corrected chi connectivity index (χ1v) is 4.03. The first kappa shape index (κ1) is 9.25. The third-order valence-corrected chi connectivity index (χ3v) is 1.61. The second-order valence-corrected chi connectivity index (χ2v) is 2.68. The van der Waals surface area contributed by atoms with Crippen molar-refractivity contribution in [2.45, 2.75) is 0 Å². The first-order valence-electron chi connectivity index (χ1n) is 4.03. The van der Waals surface area contributed by atoms with E-state index in [1.165, 1.54) is 12.5 Å². The highest BCUT2D eigenvalue weighted by atomic mass is 19.1. The minimum absolute atomic E-state index is 0.117. The summed E-state index contributed by atoms with van der Waals surface area (Å²) in [6, 6.07) is 1.08. The quantitative estimate of drug-likeness (QED) is 0.754. The van der Waals surface area contributed by atoms with Gasteiger partial charge in [-0.3, -0.25) is 15.1 Å². The highest BCUT2D eigenvalue weighted by molar-refractivity contribution is 6.02. The van der Waals surface area contributed by atoms with Crippen LogP contribution in [0.1, 0.15) is 10.4 Å². The fourth-order valence-electron chi connectivity index (χ4n) is 0.981. The summed E-state index contributed by atoms with van der Waals surface area (Å²) >= 11 is 0. The van der Waals surface area contributed by atoms with Gasteiger partial charge in [0.1, 0.15) is 12.1 Å². The summed E-state index contributed by atoms with van der Waals surface area (Å²) in [5, 5.41) is 8.38. The normalized spacial score (nSPS) is 9.93. The summed E-state index contributed by atoms with van der Waals surface area (Å²) in [6.07, 6.45) is 3.53. The van der Waals surface area contributed by atoms with Crippen LogP contribution in [0.4, 0.5) is 10.3 Å². The highest BCUT2D eigenvalue weighted by Crippen LogP contribution is 2.03. The van der Waals surface area contributed by atoms with Crippen molar-refractivity contribution in [1.82, 2.24) is 20.2 Å². The molecule has 0 aliphatic heterocycles. The number of carbonyl (C=O) groups excluding carboxylic acids is 1. The number of aromatic amines is 1. The van der Waals surface area contributed by atoms with Crippen LogP contribution in [-0.4, -0.2) is 26.1 Å². The molecule has 0 spiro atoms. The zero-order chi connectivity index (χ0) is 10.7. The third-order valence-electron chi connectivity index (χ3n) is 1.61. The Hall–Kier alpha value is -2.31. The lowest BCUT2D eigenvalue weighted by Crippen LogP contribution is -2.13. The van der Waals surface area contributed by atoms with Crippen LogP contribution in [0.5, 0.6) is 0 Å². The Morgan fingerprint density at radius 3 is 3.00 bits per heavy atom. The van der Waals surface area contributed by atoms with Crippen molar-refractivity contribution < 1.29 is 9.18 Å². The van der Waals surface area contributed by atoms with E-state index in [4.69, 9.17) is 0 Å². The standard InChI is InChI=1S/C8H6FN5O/c9-6-1-5(2-10-3-6)7(15)13-8-11-4-12-14-8/h1-4H,(H2,11,12,13,14,15). The Morgan fingerprint density at radius 2 is 2.33 bits per heavy atom. The van der Waals surface area contributed by atoms with Crippen molar-refractivity contribution in [3.63, 3.8) is 0 Å². The van der Waals surface area contributed by atoms with Gasteiger partial charge in [-0.15, -0.1) is 0 Å². The largest absolute Gasteiger partial charge is 0.291 e. The molecule has 15 heavy (non-hydrogen) atoms. The minimum Gasteiger partial charge on any atom is -0.291 e. The number of hydrogen-bond donors (Lipinski definition) is 2. The van der Waals surface area contributed by atoms with E-state index in [9.17, 15) is 9.18 Å². The molecular weight excluding hydrogens is 201 g/mol. The lowest BCUT2D eigenvalue weighted by Gasteiger charge is -2.00. The summed E-state index contributed by atoms with van der Waals surface area (Å²) in [7, 11) is 0. The number of amides is 1. The zero-order valence-electron chi connectivity index (χ0n) is 7.44. The summed E-state index contributed by atoms with van der Waals surface area (Å²) in [4.78, 5) is 18.7. The van der Waals surface area contributed by atoms with Gasteiger partial charge in [-0.05, 0) is 6.07 Å². The Labute approximate surface area is 83.6 Å². The molecule has 2 aromatic heterocycles. The van der Waals surface area contributed by atoms with Crippen molar-refractivity contribution in [2.24, 2.45) is 0 Å². The van der Waals surface area contributed by atoms with Crippen molar-refractivity contribution in [3.05, 3.63) is 36.2 Å². The number of rotatable bonds is 2. The van der Waals surface area contributed by atoms with Crippen LogP contribution in [0.15, 0.2) is 24.8 Å². The molecule has 0 aliphatic rings. The van der Waals surface area contributed by atoms with E-state index < -0.39 is 11.7 Å². The van der Waals surface area contributed by atoms with Gasteiger partial charge in [-0.25, -0.2) is 9.49 Å². The molecule has 0 radical (unpaired) electrons. The number of halogens is 1. The maximum Gasteiger partial charge on any atom is 0.259 e. The molecule has 0 fully saturated rings. The number of aromatic nitrogens is 4. The van der Waals surface area contributed by atoms with Crippen molar-refractivity contribution in [3.8, 4) is 0 Å². The molecular formula is C8H6FN5O. The van der Waals surface area contributed by atoms with E-state index in [2.05, 4.69) is 25.5 Å². The molecule has 2 aromatic rings. The van der Waals surface area contributed by atoms with E-state index in [0.29, 0.717) is 0 Å². The first-order chi connectivity index (χ1) is 7.25. The summed E-state index contributed by atoms with van der Waals surface area (Å²) in [5.41, 5.74) is 0.117. The van der Waals surface area contributed by atoms with E-state index >= 15 is 0 Å². The molecule has 2 rings (SSSR count). The molecule has 1 amide bonds. The topological polar surface area (TPSA) is 83.6 Å². The van der Waals surface area contributed by atoms with E-state index in [1.807, 2.05) is 0 Å². The van der Waals surface area contributed by atoms with Crippen molar-refractivity contribution in [1.29, 1.82) is 0 Å².